The molecule has 0 aromatic heterocycles. The van der Waals surface area contributed by atoms with Crippen LogP contribution >= 0.6 is 0 Å². The molecule has 0 radical (unpaired) electrons. The zero-order chi connectivity index (χ0) is 15.3. The fourth-order valence-electron chi connectivity index (χ4n) is 3.31. The Hall–Kier alpha value is -1.15. The van der Waals surface area contributed by atoms with Crippen LogP contribution in [0, 0.1) is 13.8 Å². The SMILES string of the molecule is CCN(CC)C(CC)(CC)C(=O)c1ccc(C)cc1C. The second-order valence-corrected chi connectivity index (χ2v) is 5.56. The zero-order valence-corrected chi connectivity index (χ0v) is 13.9. The largest absolute Gasteiger partial charge is 0.292 e. The van der Waals surface area contributed by atoms with Gasteiger partial charge in [-0.05, 0) is 45.3 Å². The van der Waals surface area contributed by atoms with E-state index in [1.165, 1.54) is 5.56 Å². The summed E-state index contributed by atoms with van der Waals surface area (Å²) >= 11 is 0. The van der Waals surface area contributed by atoms with Gasteiger partial charge in [-0.1, -0.05) is 51.5 Å². The standard InChI is InChI=1S/C18H29NO/c1-7-18(8-2,19(9-3)10-4)17(20)16-12-11-14(5)13-15(16)6/h11-13H,7-10H2,1-6H3. The van der Waals surface area contributed by atoms with Gasteiger partial charge in [0.05, 0.1) is 5.54 Å². The molecule has 2 nitrogen and oxygen atoms in total. The lowest BCUT2D eigenvalue weighted by Crippen LogP contribution is -2.54. The Morgan fingerprint density at radius 1 is 1.05 bits per heavy atom. The molecule has 0 atom stereocenters. The summed E-state index contributed by atoms with van der Waals surface area (Å²) in [6.45, 7) is 14.5. The van der Waals surface area contributed by atoms with Gasteiger partial charge in [0.1, 0.15) is 0 Å². The van der Waals surface area contributed by atoms with E-state index in [0.29, 0.717) is 0 Å². The normalized spacial score (nSPS) is 11.9. The Bertz CT molecular complexity index is 456. The Morgan fingerprint density at radius 3 is 2.00 bits per heavy atom. The van der Waals surface area contributed by atoms with Crippen LogP contribution in [-0.2, 0) is 0 Å². The number of likely N-dealkylation sites (N-methyl/N-ethyl adjacent to an activating group) is 1. The first kappa shape index (κ1) is 16.9. The van der Waals surface area contributed by atoms with Crippen molar-refractivity contribution in [3.8, 4) is 0 Å². The summed E-state index contributed by atoms with van der Waals surface area (Å²) in [6, 6.07) is 6.14. The first-order valence-electron chi connectivity index (χ1n) is 7.83. The summed E-state index contributed by atoms with van der Waals surface area (Å²) in [6.07, 6.45) is 1.72. The van der Waals surface area contributed by atoms with Gasteiger partial charge >= 0.3 is 0 Å². The third-order valence-corrected chi connectivity index (χ3v) is 4.59. The predicted octanol–water partition coefficient (Wildman–Crippen LogP) is 4.39. The summed E-state index contributed by atoms with van der Waals surface area (Å²) in [5.41, 5.74) is 2.82. The molecule has 0 bridgehead atoms. The highest BCUT2D eigenvalue weighted by atomic mass is 16.1. The molecule has 0 N–H and O–H groups in total. The molecule has 0 saturated heterocycles. The first-order valence-corrected chi connectivity index (χ1v) is 7.83. The minimum absolute atomic E-state index is 0.281. The van der Waals surface area contributed by atoms with Crippen LogP contribution < -0.4 is 0 Å². The van der Waals surface area contributed by atoms with Crippen molar-refractivity contribution in [1.29, 1.82) is 0 Å². The van der Waals surface area contributed by atoms with Crippen LogP contribution in [0.15, 0.2) is 18.2 Å². The lowest BCUT2D eigenvalue weighted by molar-refractivity contribution is 0.0534. The zero-order valence-electron chi connectivity index (χ0n) is 13.9. The number of hydrogen-bond acceptors (Lipinski definition) is 2. The van der Waals surface area contributed by atoms with E-state index in [9.17, 15) is 4.79 Å². The fraction of sp³-hybridized carbons (Fsp3) is 0.611. The Balaban J connectivity index is 3.30. The molecule has 0 aliphatic heterocycles. The van der Waals surface area contributed by atoms with E-state index >= 15 is 0 Å². The van der Waals surface area contributed by atoms with E-state index in [-0.39, 0.29) is 11.3 Å². The fourth-order valence-corrected chi connectivity index (χ4v) is 3.31. The van der Waals surface area contributed by atoms with Gasteiger partial charge in [0, 0.05) is 5.56 Å². The highest BCUT2D eigenvalue weighted by Gasteiger charge is 2.40. The maximum Gasteiger partial charge on any atom is 0.183 e. The molecule has 112 valence electrons. The molecule has 1 aromatic carbocycles. The van der Waals surface area contributed by atoms with Crippen molar-refractivity contribution in [2.75, 3.05) is 13.1 Å². The second-order valence-electron chi connectivity index (χ2n) is 5.56. The van der Waals surface area contributed by atoms with Crippen molar-refractivity contribution in [3.05, 3.63) is 34.9 Å². The number of rotatable bonds is 7. The smallest absolute Gasteiger partial charge is 0.183 e. The van der Waals surface area contributed by atoms with Gasteiger partial charge in [-0.15, -0.1) is 0 Å². The van der Waals surface area contributed by atoms with Crippen LogP contribution in [0.25, 0.3) is 0 Å². The number of carbonyl (C=O) groups is 1. The van der Waals surface area contributed by atoms with Crippen LogP contribution in [-0.4, -0.2) is 29.3 Å². The van der Waals surface area contributed by atoms with Crippen molar-refractivity contribution in [3.63, 3.8) is 0 Å². The number of ketones is 1. The average molecular weight is 275 g/mol. The van der Waals surface area contributed by atoms with E-state index in [0.717, 1.165) is 37.1 Å². The lowest BCUT2D eigenvalue weighted by Gasteiger charge is -2.41. The molecule has 0 saturated carbocycles. The van der Waals surface area contributed by atoms with Crippen molar-refractivity contribution in [2.45, 2.75) is 59.9 Å². The molecule has 2 heteroatoms. The van der Waals surface area contributed by atoms with Crippen LogP contribution in [0.3, 0.4) is 0 Å². The third-order valence-electron chi connectivity index (χ3n) is 4.59. The number of aryl methyl sites for hydroxylation is 2. The maximum absolute atomic E-state index is 13.2. The van der Waals surface area contributed by atoms with Gasteiger partial charge in [-0.25, -0.2) is 0 Å². The predicted molar refractivity (Wildman–Crippen MR) is 86.5 cm³/mol. The van der Waals surface area contributed by atoms with Crippen LogP contribution in [0.5, 0.6) is 0 Å². The number of Topliss-reactive ketones (excluding diaryl/α,β-unsaturated/α-hetero) is 1. The highest BCUT2D eigenvalue weighted by molar-refractivity contribution is 6.04. The van der Waals surface area contributed by atoms with Gasteiger partial charge in [0.15, 0.2) is 5.78 Å². The average Bonchev–Trinajstić information content (AvgIpc) is 2.44. The number of benzene rings is 1. The molecular formula is C18H29NO. The molecular weight excluding hydrogens is 246 g/mol. The van der Waals surface area contributed by atoms with E-state index in [2.05, 4.69) is 45.6 Å². The number of carbonyl (C=O) groups excluding carboxylic acids is 1. The quantitative estimate of drug-likeness (QED) is 0.688. The van der Waals surface area contributed by atoms with Gasteiger partial charge in [0.25, 0.3) is 0 Å². The summed E-state index contributed by atoms with van der Waals surface area (Å²) < 4.78 is 0. The van der Waals surface area contributed by atoms with Crippen molar-refractivity contribution >= 4 is 5.78 Å². The Labute approximate surface area is 124 Å². The lowest BCUT2D eigenvalue weighted by atomic mass is 9.81. The Kier molecular flexibility index (Phi) is 5.94. The van der Waals surface area contributed by atoms with E-state index in [1.54, 1.807) is 0 Å². The molecule has 0 aliphatic rings. The number of nitrogens with zero attached hydrogens (tertiary/aromatic N) is 1. The highest BCUT2D eigenvalue weighted by Crippen LogP contribution is 2.29. The minimum atomic E-state index is -0.358. The molecule has 20 heavy (non-hydrogen) atoms. The molecule has 1 rings (SSSR count). The van der Waals surface area contributed by atoms with E-state index in [4.69, 9.17) is 0 Å². The first-order chi connectivity index (χ1) is 9.46. The molecule has 0 aliphatic carbocycles. The maximum atomic E-state index is 13.2. The molecule has 0 fully saturated rings. The van der Waals surface area contributed by atoms with Gasteiger partial charge in [0.2, 0.25) is 0 Å². The molecule has 0 amide bonds. The van der Waals surface area contributed by atoms with Gasteiger partial charge < -0.3 is 0 Å². The summed E-state index contributed by atoms with van der Waals surface area (Å²) in [5.74, 6) is 0.281. The monoisotopic (exact) mass is 275 g/mol. The summed E-state index contributed by atoms with van der Waals surface area (Å²) in [4.78, 5) is 15.5. The number of hydrogen-bond donors (Lipinski definition) is 0. The topological polar surface area (TPSA) is 20.3 Å². The second kappa shape index (κ2) is 7.03. The molecule has 1 aromatic rings. The molecule has 0 unspecified atom stereocenters. The van der Waals surface area contributed by atoms with E-state index < -0.39 is 0 Å². The van der Waals surface area contributed by atoms with Crippen molar-refractivity contribution in [1.82, 2.24) is 4.90 Å². The Morgan fingerprint density at radius 2 is 1.60 bits per heavy atom. The summed E-state index contributed by atoms with van der Waals surface area (Å²) in [5, 5.41) is 0. The van der Waals surface area contributed by atoms with Crippen LogP contribution in [0.4, 0.5) is 0 Å². The van der Waals surface area contributed by atoms with Crippen LogP contribution in [0.1, 0.15) is 62.0 Å². The van der Waals surface area contributed by atoms with Crippen molar-refractivity contribution < 1.29 is 4.79 Å². The summed E-state index contributed by atoms with van der Waals surface area (Å²) in [7, 11) is 0. The third kappa shape index (κ3) is 2.95. The molecule has 0 spiro atoms. The minimum Gasteiger partial charge on any atom is -0.292 e. The van der Waals surface area contributed by atoms with Gasteiger partial charge in [-0.3, -0.25) is 9.69 Å². The van der Waals surface area contributed by atoms with E-state index in [1.807, 2.05) is 19.1 Å². The van der Waals surface area contributed by atoms with Crippen molar-refractivity contribution in [2.24, 2.45) is 0 Å². The van der Waals surface area contributed by atoms with Gasteiger partial charge in [-0.2, -0.15) is 0 Å². The van der Waals surface area contributed by atoms with Crippen LogP contribution in [0.2, 0.25) is 0 Å². The molecule has 0 heterocycles.